The van der Waals surface area contributed by atoms with E-state index in [1.165, 1.54) is 12.0 Å². The topological polar surface area (TPSA) is 82.3 Å². The number of β-amino-alcohol motifs (C(OH)–C–C–N with tert-alkyl or cyclic N) is 1. The minimum Gasteiger partial charge on any atom is -0.496 e. The summed E-state index contributed by atoms with van der Waals surface area (Å²) in [5.74, 6) is 1.09. The maximum atomic E-state index is 13.4. The zero-order valence-electron chi connectivity index (χ0n) is 22.2. The second kappa shape index (κ2) is 11.9. The molecule has 8 nitrogen and oxygen atoms in total. The van der Waals surface area contributed by atoms with Crippen molar-refractivity contribution in [2.24, 2.45) is 0 Å². The van der Waals surface area contributed by atoms with Gasteiger partial charge >= 0.3 is 12.4 Å². The first-order chi connectivity index (χ1) is 19.2. The van der Waals surface area contributed by atoms with Crippen molar-refractivity contribution in [2.45, 2.75) is 31.9 Å². The van der Waals surface area contributed by atoms with E-state index in [0.717, 1.165) is 23.9 Å². The number of hydrogen-bond acceptors (Lipinski definition) is 7. The molecule has 2 aromatic carbocycles. The predicted octanol–water partition coefficient (Wildman–Crippen LogP) is 5.10. The third kappa shape index (κ3) is 7.43. The monoisotopic (exact) mass is 586 g/mol. The Bertz CT molecular complexity index is 1360. The zero-order chi connectivity index (χ0) is 29.9. The number of methoxy groups -OCH3 is 1. The highest BCUT2D eigenvalue weighted by atomic mass is 19.4. The fourth-order valence-corrected chi connectivity index (χ4v) is 4.60. The Labute approximate surface area is 231 Å². The van der Waals surface area contributed by atoms with Gasteiger partial charge in [-0.15, -0.1) is 0 Å². The largest absolute Gasteiger partial charge is 0.496 e. The van der Waals surface area contributed by atoms with E-state index < -0.39 is 48.8 Å². The first-order valence-corrected chi connectivity index (χ1v) is 12.6. The Kier molecular flexibility index (Phi) is 8.71. The van der Waals surface area contributed by atoms with Gasteiger partial charge in [-0.1, -0.05) is 6.07 Å². The molecule has 1 N–H and O–H groups in total. The summed E-state index contributed by atoms with van der Waals surface area (Å²) >= 11 is 0. The van der Waals surface area contributed by atoms with Crippen LogP contribution in [0.25, 0.3) is 11.3 Å². The minimum atomic E-state index is -4.83. The van der Waals surface area contributed by atoms with Gasteiger partial charge in [0.25, 0.3) is 0 Å². The Hall–Kier alpha value is -3.94. The number of anilines is 2. The van der Waals surface area contributed by atoms with E-state index in [-0.39, 0.29) is 26.1 Å². The molecular formula is C27H28F6N4O4. The molecule has 222 valence electrons. The second-order valence-electron chi connectivity index (χ2n) is 9.48. The lowest BCUT2D eigenvalue weighted by atomic mass is 10.1. The number of benzene rings is 2. The third-order valence-electron chi connectivity index (χ3n) is 6.62. The average molecular weight is 587 g/mol. The van der Waals surface area contributed by atoms with Gasteiger partial charge in [-0.3, -0.25) is 4.79 Å². The van der Waals surface area contributed by atoms with Crippen LogP contribution in [0.1, 0.15) is 17.9 Å². The predicted molar refractivity (Wildman–Crippen MR) is 137 cm³/mol. The maximum absolute atomic E-state index is 13.4. The number of rotatable bonds is 8. The van der Waals surface area contributed by atoms with Gasteiger partial charge in [0.05, 0.1) is 31.0 Å². The number of carbonyl (C=O) groups excluding carboxylic acids is 1. The minimum absolute atomic E-state index is 0.000908. The summed E-state index contributed by atoms with van der Waals surface area (Å²) in [4.78, 5) is 20.5. The van der Waals surface area contributed by atoms with Crippen LogP contribution in [0.3, 0.4) is 0 Å². The Morgan fingerprint density at radius 1 is 1.10 bits per heavy atom. The van der Waals surface area contributed by atoms with Crippen molar-refractivity contribution in [1.29, 1.82) is 0 Å². The van der Waals surface area contributed by atoms with Crippen molar-refractivity contribution in [3.8, 4) is 17.1 Å². The number of carbonyl (C=O) groups is 1. The molecule has 14 heteroatoms. The number of aryl methyl sites for hydroxylation is 1. The summed E-state index contributed by atoms with van der Waals surface area (Å²) in [6, 6.07) is 8.64. The summed E-state index contributed by atoms with van der Waals surface area (Å²) in [5, 5.41) is 10.8. The fraction of sp³-hybridized carbons (Fsp3) is 0.407. The van der Waals surface area contributed by atoms with Gasteiger partial charge in [0, 0.05) is 50.4 Å². The summed E-state index contributed by atoms with van der Waals surface area (Å²) in [7, 11) is 1.50. The number of oxazole rings is 1. The highest BCUT2D eigenvalue weighted by molar-refractivity contribution is 5.78. The van der Waals surface area contributed by atoms with Gasteiger partial charge in [0.15, 0.2) is 11.7 Å². The van der Waals surface area contributed by atoms with Crippen LogP contribution < -0.4 is 14.5 Å². The Morgan fingerprint density at radius 2 is 1.85 bits per heavy atom. The molecule has 1 atom stereocenters. The summed E-state index contributed by atoms with van der Waals surface area (Å²) < 4.78 is 90.8. The van der Waals surface area contributed by atoms with E-state index in [0.29, 0.717) is 33.9 Å². The highest BCUT2D eigenvalue weighted by Crippen LogP contribution is 2.35. The lowest BCUT2D eigenvalue weighted by Crippen LogP contribution is -2.49. The quantitative estimate of drug-likeness (QED) is 0.291. The van der Waals surface area contributed by atoms with Crippen LogP contribution in [-0.4, -0.2) is 73.1 Å². The number of ether oxygens (including phenoxy) is 1. The van der Waals surface area contributed by atoms with Crippen LogP contribution in [0.2, 0.25) is 0 Å². The van der Waals surface area contributed by atoms with E-state index in [1.807, 2.05) is 11.0 Å². The molecule has 0 saturated carbocycles. The van der Waals surface area contributed by atoms with E-state index in [1.54, 1.807) is 25.3 Å². The number of aliphatic hydroxyl groups is 1. The van der Waals surface area contributed by atoms with Crippen molar-refractivity contribution >= 4 is 17.3 Å². The summed E-state index contributed by atoms with van der Waals surface area (Å²) in [5.41, 5.74) is -0.231. The van der Waals surface area contributed by atoms with Crippen molar-refractivity contribution in [3.05, 3.63) is 60.1 Å². The standard InChI is InChI=1S/C27H28F6N4O4/c1-17-34-14-23(41-17)21-7-6-19(13-22(21)40-2)35-9-8-24(38)36(11-10-35)15-25(39)37(16-26(28,29)30)20-5-3-4-18(12-20)27(31,32)33/h3-7,12-14,25,39H,8-11,15-16H2,1-2H3. The van der Waals surface area contributed by atoms with Gasteiger partial charge in [-0.05, 0) is 30.3 Å². The molecule has 1 amide bonds. The number of amides is 1. The molecule has 41 heavy (non-hydrogen) atoms. The average Bonchev–Trinajstić information content (AvgIpc) is 3.26. The first kappa shape index (κ1) is 30.0. The molecule has 1 unspecified atom stereocenters. The van der Waals surface area contributed by atoms with E-state index >= 15 is 0 Å². The van der Waals surface area contributed by atoms with Crippen LogP contribution in [0.4, 0.5) is 37.7 Å². The van der Waals surface area contributed by atoms with Gasteiger partial charge in [0.1, 0.15) is 18.5 Å². The summed E-state index contributed by atoms with van der Waals surface area (Å²) in [6.45, 7) is 0.0972. The zero-order valence-corrected chi connectivity index (χ0v) is 22.2. The van der Waals surface area contributed by atoms with Crippen molar-refractivity contribution in [2.75, 3.05) is 49.6 Å². The van der Waals surface area contributed by atoms with Crippen LogP contribution >= 0.6 is 0 Å². The first-order valence-electron chi connectivity index (χ1n) is 12.6. The number of hydrogen-bond donors (Lipinski definition) is 1. The number of aromatic nitrogens is 1. The molecule has 0 spiro atoms. The second-order valence-corrected chi connectivity index (χ2v) is 9.48. The molecule has 0 bridgehead atoms. The molecule has 1 aromatic heterocycles. The van der Waals surface area contributed by atoms with Crippen molar-refractivity contribution in [3.63, 3.8) is 0 Å². The van der Waals surface area contributed by atoms with Crippen molar-refractivity contribution < 1.29 is 45.4 Å². The van der Waals surface area contributed by atoms with Crippen LogP contribution in [0.5, 0.6) is 5.75 Å². The van der Waals surface area contributed by atoms with Gasteiger partial charge in [-0.25, -0.2) is 4.98 Å². The smallest absolute Gasteiger partial charge is 0.416 e. The van der Waals surface area contributed by atoms with Crippen LogP contribution in [-0.2, 0) is 11.0 Å². The molecule has 1 aliphatic rings. The van der Waals surface area contributed by atoms with Gasteiger partial charge < -0.3 is 29.0 Å². The molecule has 0 radical (unpaired) electrons. The fourth-order valence-electron chi connectivity index (χ4n) is 4.60. The number of nitrogens with zero attached hydrogens (tertiary/aromatic N) is 4. The number of aliphatic hydroxyl groups excluding tert-OH is 1. The van der Waals surface area contributed by atoms with E-state index in [9.17, 15) is 36.2 Å². The van der Waals surface area contributed by atoms with Crippen LogP contribution in [0, 0.1) is 6.92 Å². The van der Waals surface area contributed by atoms with Crippen molar-refractivity contribution in [1.82, 2.24) is 9.88 Å². The molecular weight excluding hydrogens is 558 g/mol. The Morgan fingerprint density at radius 3 is 2.49 bits per heavy atom. The molecule has 1 saturated heterocycles. The number of alkyl halides is 6. The van der Waals surface area contributed by atoms with Gasteiger partial charge in [0.2, 0.25) is 5.91 Å². The summed E-state index contributed by atoms with van der Waals surface area (Å²) in [6.07, 6.45) is -9.96. The Balaban J connectivity index is 1.50. The normalized spacial score (nSPS) is 15.6. The van der Waals surface area contributed by atoms with Gasteiger partial charge in [-0.2, -0.15) is 26.3 Å². The SMILES string of the molecule is COc1cc(N2CCC(=O)N(CC(O)N(CC(F)(F)F)c3cccc(C(F)(F)F)c3)CC2)ccc1-c1cnc(C)o1. The maximum Gasteiger partial charge on any atom is 0.416 e. The van der Waals surface area contributed by atoms with E-state index in [4.69, 9.17) is 9.15 Å². The molecule has 0 aliphatic carbocycles. The highest BCUT2D eigenvalue weighted by Gasteiger charge is 2.37. The molecule has 1 fully saturated rings. The molecule has 3 aromatic rings. The molecule has 2 heterocycles. The third-order valence-corrected chi connectivity index (χ3v) is 6.62. The van der Waals surface area contributed by atoms with E-state index in [2.05, 4.69) is 4.98 Å². The lowest BCUT2D eigenvalue weighted by Gasteiger charge is -2.34. The molecule has 4 rings (SSSR count). The van der Waals surface area contributed by atoms with Crippen LogP contribution in [0.15, 0.2) is 53.1 Å². The lowest BCUT2D eigenvalue weighted by molar-refractivity contribution is -0.137. The number of halogens is 6. The molecule has 1 aliphatic heterocycles.